The molecule has 5 nitrogen and oxygen atoms in total. The van der Waals surface area contributed by atoms with Gasteiger partial charge in [-0.3, -0.25) is 0 Å². The van der Waals surface area contributed by atoms with E-state index in [9.17, 15) is 14.7 Å². The van der Waals surface area contributed by atoms with E-state index in [-0.39, 0.29) is 18.9 Å². The van der Waals surface area contributed by atoms with Gasteiger partial charge in [-0.1, -0.05) is 56.3 Å². The summed E-state index contributed by atoms with van der Waals surface area (Å²) in [7, 11) is 0. The number of hydrogen-bond donors (Lipinski definition) is 2. The van der Waals surface area contributed by atoms with E-state index in [1.54, 1.807) is 0 Å². The van der Waals surface area contributed by atoms with E-state index in [1.165, 1.54) is 11.1 Å². The molecule has 0 amide bonds. The molecule has 2 aromatic carbocycles. The molecular weight excluding hydrogens is 330 g/mol. The minimum Gasteiger partial charge on any atom is -0.479 e. The summed E-state index contributed by atoms with van der Waals surface area (Å²) in [5, 5.41) is 9.40. The van der Waals surface area contributed by atoms with Crippen LogP contribution in [0, 0.1) is 5.92 Å². The van der Waals surface area contributed by atoms with Gasteiger partial charge in [0.25, 0.3) is 0 Å². The number of carbonyl (C=O) groups excluding carboxylic acids is 1. The van der Waals surface area contributed by atoms with E-state index in [0.29, 0.717) is 0 Å². The number of carboxylic acid groups (broad SMARTS) is 1. The van der Waals surface area contributed by atoms with Gasteiger partial charge >= 0.3 is 11.9 Å². The first-order chi connectivity index (χ1) is 12.3. The fraction of sp³-hybridized carbons (Fsp3) is 0.333. The normalized spacial score (nSPS) is 14.5. The largest absolute Gasteiger partial charge is 0.479 e. The lowest BCUT2D eigenvalue weighted by Crippen LogP contribution is -2.56. The lowest BCUT2D eigenvalue weighted by Gasteiger charge is -2.24. The maximum atomic E-state index is 12.4. The summed E-state index contributed by atoms with van der Waals surface area (Å²) in [5.41, 5.74) is 9.39. The Morgan fingerprint density at radius 2 is 1.85 bits per heavy atom. The van der Waals surface area contributed by atoms with E-state index in [1.807, 2.05) is 38.1 Å². The van der Waals surface area contributed by atoms with Crippen LogP contribution < -0.4 is 5.73 Å². The fourth-order valence-corrected chi connectivity index (χ4v) is 3.53. The summed E-state index contributed by atoms with van der Waals surface area (Å²) in [6.45, 7) is 3.65. The minimum atomic E-state index is -2.02. The quantitative estimate of drug-likeness (QED) is 0.525. The van der Waals surface area contributed by atoms with Crippen molar-refractivity contribution < 1.29 is 19.4 Å². The second-order valence-corrected chi connectivity index (χ2v) is 7.23. The predicted molar refractivity (Wildman–Crippen MR) is 98.5 cm³/mol. The number of hydrogen-bond acceptors (Lipinski definition) is 4. The highest BCUT2D eigenvalue weighted by molar-refractivity contribution is 6.03. The molecule has 0 fully saturated rings. The fourth-order valence-electron chi connectivity index (χ4n) is 3.53. The molecule has 1 aliphatic rings. The molecule has 5 heteroatoms. The van der Waals surface area contributed by atoms with Gasteiger partial charge in [-0.05, 0) is 46.6 Å². The molecule has 0 unspecified atom stereocenters. The molecule has 1 aliphatic carbocycles. The van der Waals surface area contributed by atoms with Crippen molar-refractivity contribution in [3.63, 3.8) is 0 Å². The number of aliphatic carboxylic acids is 1. The van der Waals surface area contributed by atoms with Crippen molar-refractivity contribution in [1.82, 2.24) is 0 Å². The van der Waals surface area contributed by atoms with Gasteiger partial charge in [0.15, 0.2) is 0 Å². The predicted octanol–water partition coefficient (Wildman–Crippen LogP) is 3.13. The molecule has 26 heavy (non-hydrogen) atoms. The zero-order valence-electron chi connectivity index (χ0n) is 15.0. The molecule has 0 bridgehead atoms. The van der Waals surface area contributed by atoms with Crippen LogP contribution in [0.5, 0.6) is 0 Å². The molecule has 0 aliphatic heterocycles. The molecule has 1 atom stereocenters. The topological polar surface area (TPSA) is 89.6 Å². The molecule has 0 heterocycles. The van der Waals surface area contributed by atoms with Gasteiger partial charge in [0, 0.05) is 0 Å². The summed E-state index contributed by atoms with van der Waals surface area (Å²) >= 11 is 0. The van der Waals surface area contributed by atoms with Crippen LogP contribution in [0.3, 0.4) is 0 Å². The van der Waals surface area contributed by atoms with Crippen molar-refractivity contribution >= 4 is 11.9 Å². The zero-order chi connectivity index (χ0) is 18.9. The number of carboxylic acids is 1. The van der Waals surface area contributed by atoms with Crippen LogP contribution in [0.2, 0.25) is 0 Å². The zero-order valence-corrected chi connectivity index (χ0v) is 15.0. The maximum absolute atomic E-state index is 12.4. The summed E-state index contributed by atoms with van der Waals surface area (Å²) in [6.07, 6.45) is 0.803. The molecule has 3 N–H and O–H groups in total. The van der Waals surface area contributed by atoms with Gasteiger partial charge in [0.1, 0.15) is 6.61 Å². The monoisotopic (exact) mass is 353 g/mol. The number of carbonyl (C=O) groups is 2. The molecule has 0 saturated carbocycles. The lowest BCUT2D eigenvalue weighted by molar-refractivity contribution is -0.162. The molecular formula is C21H23NO4. The van der Waals surface area contributed by atoms with Crippen molar-refractivity contribution in [2.45, 2.75) is 38.8 Å². The third kappa shape index (κ3) is 3.22. The average Bonchev–Trinajstić information content (AvgIpc) is 2.98. The Hall–Kier alpha value is -2.66. The van der Waals surface area contributed by atoms with E-state index in [0.717, 1.165) is 23.1 Å². The molecule has 0 spiro atoms. The molecule has 0 saturated heterocycles. The maximum Gasteiger partial charge on any atom is 0.338 e. The Labute approximate surface area is 152 Å². The van der Waals surface area contributed by atoms with Crippen molar-refractivity contribution in [2.75, 3.05) is 0 Å². The lowest BCUT2D eigenvalue weighted by atomic mass is 9.90. The smallest absolute Gasteiger partial charge is 0.338 e. The van der Waals surface area contributed by atoms with E-state index < -0.39 is 17.5 Å². The van der Waals surface area contributed by atoms with Crippen LogP contribution in [0.25, 0.3) is 11.1 Å². The van der Waals surface area contributed by atoms with E-state index in [2.05, 4.69) is 18.2 Å². The van der Waals surface area contributed by atoms with Crippen LogP contribution >= 0.6 is 0 Å². The molecule has 0 aromatic heterocycles. The summed E-state index contributed by atoms with van der Waals surface area (Å²) in [5.74, 6) is -2.30. The average molecular weight is 353 g/mol. The minimum absolute atomic E-state index is 0.0142. The second kappa shape index (κ2) is 6.92. The summed E-state index contributed by atoms with van der Waals surface area (Å²) in [4.78, 5) is 23.9. The van der Waals surface area contributed by atoms with Crippen LogP contribution in [0.1, 0.15) is 37.0 Å². The SMILES string of the molecule is CC(C)C[C@](N)(C(=O)O)C(=O)OCc1cccc2c1Cc1ccccc1-2. The van der Waals surface area contributed by atoms with Gasteiger partial charge in [-0.15, -0.1) is 0 Å². The molecule has 3 rings (SSSR count). The van der Waals surface area contributed by atoms with Crippen LogP contribution in [0.4, 0.5) is 0 Å². The number of rotatable bonds is 6. The Morgan fingerprint density at radius 1 is 1.15 bits per heavy atom. The van der Waals surface area contributed by atoms with Crippen LogP contribution in [-0.2, 0) is 27.4 Å². The standard InChI is InChI=1S/C21H23NO4/c1-13(2)11-21(22,19(23)24)20(25)26-12-15-7-5-9-17-16-8-4-3-6-14(16)10-18(15)17/h3-9,13H,10-12,22H2,1-2H3,(H,23,24)/t21-/m0/s1. The third-order valence-electron chi connectivity index (χ3n) is 4.78. The Bertz CT molecular complexity index is 859. The van der Waals surface area contributed by atoms with Crippen LogP contribution in [-0.4, -0.2) is 22.6 Å². The highest BCUT2D eigenvalue weighted by Crippen LogP contribution is 2.38. The van der Waals surface area contributed by atoms with Gasteiger partial charge in [0.2, 0.25) is 5.54 Å². The highest BCUT2D eigenvalue weighted by atomic mass is 16.5. The Kier molecular flexibility index (Phi) is 4.83. The number of nitrogens with two attached hydrogens (primary N) is 1. The number of fused-ring (bicyclic) bond motifs is 3. The van der Waals surface area contributed by atoms with Crippen molar-refractivity contribution in [1.29, 1.82) is 0 Å². The summed E-state index contributed by atoms with van der Waals surface area (Å²) < 4.78 is 5.33. The van der Waals surface area contributed by atoms with Gasteiger partial charge in [-0.25, -0.2) is 9.59 Å². The van der Waals surface area contributed by atoms with Gasteiger partial charge < -0.3 is 15.6 Å². The number of ether oxygens (including phenoxy) is 1. The highest BCUT2D eigenvalue weighted by Gasteiger charge is 2.44. The first-order valence-corrected chi connectivity index (χ1v) is 8.71. The van der Waals surface area contributed by atoms with Crippen molar-refractivity contribution in [3.8, 4) is 11.1 Å². The Balaban J connectivity index is 1.79. The van der Waals surface area contributed by atoms with E-state index in [4.69, 9.17) is 10.5 Å². The third-order valence-corrected chi connectivity index (χ3v) is 4.78. The molecule has 136 valence electrons. The Morgan fingerprint density at radius 3 is 2.54 bits per heavy atom. The molecule has 2 aromatic rings. The first kappa shape index (κ1) is 18.1. The first-order valence-electron chi connectivity index (χ1n) is 8.71. The van der Waals surface area contributed by atoms with Crippen molar-refractivity contribution in [2.24, 2.45) is 11.7 Å². The van der Waals surface area contributed by atoms with Gasteiger partial charge in [-0.2, -0.15) is 0 Å². The number of esters is 1. The van der Waals surface area contributed by atoms with Gasteiger partial charge in [0.05, 0.1) is 0 Å². The van der Waals surface area contributed by atoms with Crippen LogP contribution in [0.15, 0.2) is 42.5 Å². The second-order valence-electron chi connectivity index (χ2n) is 7.23. The number of benzene rings is 2. The summed E-state index contributed by atoms with van der Waals surface area (Å²) in [6, 6.07) is 14.0. The van der Waals surface area contributed by atoms with E-state index >= 15 is 0 Å². The molecule has 0 radical (unpaired) electrons. The van der Waals surface area contributed by atoms with Crippen molar-refractivity contribution in [3.05, 3.63) is 59.2 Å².